The van der Waals surface area contributed by atoms with Crippen molar-refractivity contribution in [2.75, 3.05) is 76.3 Å². The number of anilines is 2. The van der Waals surface area contributed by atoms with E-state index in [1.54, 1.807) is 41.1 Å². The van der Waals surface area contributed by atoms with E-state index in [9.17, 15) is 57.9 Å². The number of phenols is 1. The Morgan fingerprint density at radius 3 is 2.31 bits per heavy atom. The van der Waals surface area contributed by atoms with Crippen LogP contribution in [0, 0.1) is 0 Å². The van der Waals surface area contributed by atoms with Gasteiger partial charge in [0.05, 0.1) is 70.8 Å². The molecule has 0 saturated carbocycles. The minimum Gasteiger partial charge on any atom is -0.508 e. The number of methoxy groups -OCH3 is 1. The quantitative estimate of drug-likeness (QED) is 0.0287. The Hall–Kier alpha value is -8.78. The second-order valence-electron chi connectivity index (χ2n) is 19.9. The Kier molecular flexibility index (Phi) is 18.1. The lowest BCUT2D eigenvalue weighted by Gasteiger charge is -2.39. The van der Waals surface area contributed by atoms with Gasteiger partial charge < -0.3 is 77.1 Å². The van der Waals surface area contributed by atoms with Gasteiger partial charge >= 0.3 is 10.4 Å². The number of aliphatic hydroxyl groups excluding tert-OH is 4. The molecule has 1 saturated heterocycles. The van der Waals surface area contributed by atoms with Gasteiger partial charge in [-0.05, 0) is 83.7 Å². The number of benzene rings is 4. The van der Waals surface area contributed by atoms with Crippen LogP contribution in [-0.2, 0) is 47.4 Å². The average Bonchev–Trinajstić information content (AvgIpc) is 1.63. The van der Waals surface area contributed by atoms with Crippen LogP contribution < -0.4 is 28.1 Å². The van der Waals surface area contributed by atoms with Crippen LogP contribution in [0.1, 0.15) is 48.4 Å². The van der Waals surface area contributed by atoms with E-state index in [0.717, 1.165) is 17.0 Å². The van der Waals surface area contributed by atoms with Gasteiger partial charge in [-0.1, -0.05) is 5.21 Å². The number of halogens is 1. The summed E-state index contributed by atoms with van der Waals surface area (Å²) in [4.78, 5) is 73.3. The molecule has 4 aromatic carbocycles. The number of alkyl halides is 1. The number of fused-ring (bicyclic) bond motifs is 4. The molecule has 86 heavy (non-hydrogen) atoms. The average molecular weight is 1230 g/mol. The standard InChI is InChI=1S/C56H56ClN9O19S/c1-62(15-18-80-19-16-64-27-35(60-61-64)30-81-20-17-65-47(69)13-14-48(65)70)54(75)32-5-11-42(82-56-52(73)51(72)50(71)45(29-67)83-56)44(21-32)85-86(77,78)84-43-23-41-49(39-22-37(79-2)9-10-38(39)43)33(24-57)25-66(41)55(76)40-28-63-26-34(6-12-46(63)59-40)58-53(74)31-3-7-36(68)8-4-31/h3-14,21-23,26-28,33,45,50-52,56,67-68,71-73H,15-20,24-25,29-30H2,1-2H3,(H,58,74)/t33-,45-,50+,51+,52?,56-/m1/s1. The van der Waals surface area contributed by atoms with Gasteiger partial charge in [0.25, 0.3) is 29.5 Å². The first-order chi connectivity index (χ1) is 41.3. The van der Waals surface area contributed by atoms with Gasteiger partial charge in [0, 0.05) is 79.1 Å². The molecule has 1 unspecified atom stereocenters. The summed E-state index contributed by atoms with van der Waals surface area (Å²) in [5, 5.41) is 62.9. The highest BCUT2D eigenvalue weighted by Crippen LogP contribution is 2.47. The lowest BCUT2D eigenvalue weighted by Crippen LogP contribution is -2.60. The molecule has 28 nitrogen and oxygen atoms in total. The lowest BCUT2D eigenvalue weighted by molar-refractivity contribution is -0.277. The van der Waals surface area contributed by atoms with E-state index < -0.39 is 94.7 Å². The van der Waals surface area contributed by atoms with Crippen molar-refractivity contribution in [2.24, 2.45) is 0 Å². The zero-order valence-electron chi connectivity index (χ0n) is 45.7. The number of hydrogen-bond acceptors (Lipinski definition) is 22. The monoisotopic (exact) mass is 1230 g/mol. The zero-order chi connectivity index (χ0) is 61.0. The molecule has 6 atom stereocenters. The Labute approximate surface area is 494 Å². The highest BCUT2D eigenvalue weighted by molar-refractivity contribution is 7.82. The highest BCUT2D eigenvalue weighted by Gasteiger charge is 2.45. The maximum Gasteiger partial charge on any atom is 0.501 e. The number of ether oxygens (including phenoxy) is 5. The number of pyridine rings is 1. The summed E-state index contributed by atoms with van der Waals surface area (Å²) in [7, 11) is -2.42. The number of nitrogens with one attached hydrogen (secondary N) is 1. The van der Waals surface area contributed by atoms with Crippen molar-refractivity contribution in [1.29, 1.82) is 0 Å². The second kappa shape index (κ2) is 25.8. The van der Waals surface area contributed by atoms with Crippen LogP contribution in [-0.4, -0.2) is 194 Å². The molecule has 0 spiro atoms. The number of imidazole rings is 1. The number of amides is 5. The fraction of sp³-hybridized carbons (Fsp3) is 0.321. The first-order valence-corrected chi connectivity index (χ1v) is 28.4. The van der Waals surface area contributed by atoms with E-state index in [-0.39, 0.29) is 97.9 Å². The van der Waals surface area contributed by atoms with Crippen LogP contribution in [0.4, 0.5) is 11.4 Å². The van der Waals surface area contributed by atoms with E-state index in [0.29, 0.717) is 33.7 Å². The molecule has 0 radical (unpaired) electrons. The number of hydrogen-bond donors (Lipinski definition) is 6. The van der Waals surface area contributed by atoms with Gasteiger partial charge in [-0.2, -0.15) is 0 Å². The molecule has 0 aliphatic carbocycles. The van der Waals surface area contributed by atoms with E-state index in [2.05, 4.69) is 20.6 Å². The molecule has 7 aromatic rings. The maximum atomic E-state index is 14.6. The van der Waals surface area contributed by atoms with Crippen LogP contribution in [0.2, 0.25) is 0 Å². The van der Waals surface area contributed by atoms with Crippen LogP contribution >= 0.6 is 11.6 Å². The van der Waals surface area contributed by atoms with Crippen molar-refractivity contribution >= 4 is 79.3 Å². The lowest BCUT2D eigenvalue weighted by atomic mass is 9.95. The first kappa shape index (κ1) is 60.3. The number of imide groups is 1. The normalized spacial score (nSPS) is 19.3. The summed E-state index contributed by atoms with van der Waals surface area (Å²) in [6.07, 6.45) is -1.82. The van der Waals surface area contributed by atoms with Gasteiger partial charge in [0.2, 0.25) is 6.29 Å². The van der Waals surface area contributed by atoms with Gasteiger partial charge in [0.1, 0.15) is 52.9 Å². The number of carbonyl (C=O) groups is 5. The smallest absolute Gasteiger partial charge is 0.501 e. The molecule has 6 heterocycles. The molecule has 3 aromatic heterocycles. The Balaban J connectivity index is 0.862. The topological polar surface area (TPSA) is 355 Å². The van der Waals surface area contributed by atoms with E-state index in [4.69, 9.17) is 43.7 Å². The Morgan fingerprint density at radius 2 is 1.57 bits per heavy atom. The Morgan fingerprint density at radius 1 is 0.826 bits per heavy atom. The number of aromatic nitrogens is 5. The fourth-order valence-electron chi connectivity index (χ4n) is 9.69. The number of phenolic OH excluding ortho intramolecular Hbond substituents is 1. The minimum atomic E-state index is -5.32. The summed E-state index contributed by atoms with van der Waals surface area (Å²) in [6.45, 7) is -0.0140. The molecule has 3 aliphatic rings. The molecule has 0 bridgehead atoms. The van der Waals surface area contributed by atoms with Gasteiger partial charge in [0.15, 0.2) is 17.2 Å². The second-order valence-corrected chi connectivity index (χ2v) is 21.3. The molecule has 452 valence electrons. The number of likely N-dealkylation sites (N-methyl/N-ethyl adjacent to an activating group) is 1. The molecule has 10 rings (SSSR count). The van der Waals surface area contributed by atoms with Crippen LogP contribution in [0.5, 0.6) is 28.7 Å². The summed E-state index contributed by atoms with van der Waals surface area (Å²) in [6, 6.07) is 18.3. The summed E-state index contributed by atoms with van der Waals surface area (Å²) in [5.41, 5.74) is 2.11. The van der Waals surface area contributed by atoms with Gasteiger partial charge in [-0.3, -0.25) is 28.9 Å². The number of aliphatic hydroxyl groups is 4. The predicted octanol–water partition coefficient (Wildman–Crippen LogP) is 2.14. The van der Waals surface area contributed by atoms with E-state index in [1.807, 2.05) is 0 Å². The van der Waals surface area contributed by atoms with Gasteiger partial charge in [-0.25, -0.2) is 9.67 Å². The van der Waals surface area contributed by atoms with Crippen molar-refractivity contribution in [1.82, 2.24) is 34.2 Å². The Bertz CT molecular complexity index is 3840. The van der Waals surface area contributed by atoms with Crippen molar-refractivity contribution < 1.29 is 90.0 Å². The van der Waals surface area contributed by atoms with Crippen molar-refractivity contribution in [3.05, 3.63) is 138 Å². The molecule has 30 heteroatoms. The fourth-order valence-corrected chi connectivity index (χ4v) is 10.7. The SMILES string of the molecule is COc1ccc2c(OS(=O)(=O)Oc3cc(C(=O)N(C)CCOCCn4cc(COCCN5C(=O)C=CC5=O)nn4)ccc3O[C@@H]3O[C@H](CO)[C@H](O)[C@H](O)C3O)cc3c(c2c1)[C@H](CCl)CN3C(=O)c1cn2cc(NC(=O)c3ccc(O)cc3)ccc2n1. The number of aromatic hydroxyl groups is 1. The molecule has 1 fully saturated rings. The largest absolute Gasteiger partial charge is 0.508 e. The van der Waals surface area contributed by atoms with Crippen LogP contribution in [0.3, 0.4) is 0 Å². The summed E-state index contributed by atoms with van der Waals surface area (Å²) < 4.78 is 71.5. The molecule has 5 amide bonds. The summed E-state index contributed by atoms with van der Waals surface area (Å²) in [5.74, 6) is -4.12. The number of nitrogens with zero attached hydrogens (tertiary/aromatic N) is 8. The molecular weight excluding hydrogens is 1170 g/mol. The predicted molar refractivity (Wildman–Crippen MR) is 301 cm³/mol. The van der Waals surface area contributed by atoms with Crippen molar-refractivity contribution in [3.8, 4) is 28.7 Å². The van der Waals surface area contributed by atoms with E-state index >= 15 is 0 Å². The third-order valence-electron chi connectivity index (χ3n) is 14.2. The van der Waals surface area contributed by atoms with Crippen LogP contribution in [0.25, 0.3) is 16.4 Å². The van der Waals surface area contributed by atoms with Gasteiger partial charge in [-0.15, -0.1) is 25.1 Å². The third kappa shape index (κ3) is 13.2. The molecule has 6 N–H and O–H groups in total. The third-order valence-corrected chi connectivity index (χ3v) is 15.3. The molecule has 3 aliphatic heterocycles. The first-order valence-electron chi connectivity index (χ1n) is 26.5. The maximum absolute atomic E-state index is 14.6. The van der Waals surface area contributed by atoms with Crippen molar-refractivity contribution in [3.63, 3.8) is 0 Å². The molecular formula is C56H56ClN9O19S. The highest BCUT2D eigenvalue weighted by atomic mass is 35.5. The summed E-state index contributed by atoms with van der Waals surface area (Å²) >= 11 is 6.60. The number of carbonyl (C=O) groups excluding carboxylic acids is 5. The zero-order valence-corrected chi connectivity index (χ0v) is 47.3. The number of rotatable bonds is 24. The minimum absolute atomic E-state index is 0.00536. The van der Waals surface area contributed by atoms with Crippen molar-refractivity contribution in [2.45, 2.75) is 49.8 Å². The van der Waals surface area contributed by atoms with Crippen LogP contribution in [0.15, 0.2) is 110 Å². The van der Waals surface area contributed by atoms with E-state index in [1.165, 1.54) is 89.5 Å².